The molecule has 4 rings (SSSR count). The molecule has 41 heavy (non-hydrogen) atoms. The largest absolute Gasteiger partial charge is 0.455 e. The Balaban J connectivity index is 1.71. The molecule has 2 fully saturated rings. The Labute approximate surface area is 243 Å². The van der Waals surface area contributed by atoms with E-state index in [9.17, 15) is 29.7 Å². The second-order valence-electron chi connectivity index (χ2n) is 13.0. The van der Waals surface area contributed by atoms with Gasteiger partial charge in [0.2, 0.25) is 0 Å². The minimum atomic E-state index is -1.95. The van der Waals surface area contributed by atoms with E-state index in [4.69, 9.17) is 9.47 Å². The van der Waals surface area contributed by atoms with Crippen LogP contribution in [0.4, 0.5) is 0 Å². The summed E-state index contributed by atoms with van der Waals surface area (Å²) in [4.78, 5) is 38.8. The van der Waals surface area contributed by atoms with Crippen LogP contribution in [0.25, 0.3) is 0 Å². The molecule has 0 amide bonds. The molecule has 3 N–H and O–H groups in total. The summed E-state index contributed by atoms with van der Waals surface area (Å²) in [7, 11) is 0. The van der Waals surface area contributed by atoms with Crippen molar-refractivity contribution in [1.29, 1.82) is 0 Å². The standard InChI is InChI=1S/C33H46O8/c1-7-8-9-10-11-12-13-14-15-26(36)40-29-21(3)32(39)24(27-30(5,6)33(27,29)41-22(4)35)17-23(19-34)18-31(38)25(32)16-20(2)28(31)37/h12-17,21,24-25,27,29,34,38-39H,7-11,18-19H2,1-6H3/b13-12+,15-14+/t21-,24+,25-,27-,29-,31-,32-,33-/m1/s1. The highest BCUT2D eigenvalue weighted by Gasteiger charge is 2.87. The van der Waals surface area contributed by atoms with Gasteiger partial charge in [-0.2, -0.15) is 0 Å². The lowest BCUT2D eigenvalue weighted by atomic mass is 9.59. The molecule has 8 heteroatoms. The first-order valence-electron chi connectivity index (χ1n) is 14.9. The van der Waals surface area contributed by atoms with Crippen LogP contribution in [0, 0.1) is 29.1 Å². The maximum absolute atomic E-state index is 13.2. The number of ether oxygens (including phenoxy) is 2. The number of aliphatic hydroxyl groups excluding tert-OH is 1. The minimum absolute atomic E-state index is 0.127. The number of ketones is 1. The molecule has 0 spiro atoms. The third kappa shape index (κ3) is 4.86. The predicted octanol–water partition coefficient (Wildman–Crippen LogP) is 4.13. The van der Waals surface area contributed by atoms with Gasteiger partial charge in [-0.15, -0.1) is 0 Å². The Morgan fingerprint density at radius 1 is 1.12 bits per heavy atom. The van der Waals surface area contributed by atoms with Gasteiger partial charge >= 0.3 is 11.9 Å². The number of fused-ring (bicyclic) bond motifs is 5. The maximum Gasteiger partial charge on any atom is 0.331 e. The molecule has 0 aromatic rings. The first kappa shape index (κ1) is 31.4. The highest BCUT2D eigenvalue weighted by atomic mass is 16.6. The summed E-state index contributed by atoms with van der Waals surface area (Å²) < 4.78 is 12.1. The van der Waals surface area contributed by atoms with Crippen LogP contribution in [0.15, 0.2) is 47.6 Å². The molecule has 226 valence electrons. The number of hydrogen-bond acceptors (Lipinski definition) is 8. The average molecular weight is 571 g/mol. The molecule has 8 atom stereocenters. The summed E-state index contributed by atoms with van der Waals surface area (Å²) in [6.07, 6.45) is 14.4. The Hall–Kier alpha value is -2.55. The van der Waals surface area contributed by atoms with Crippen molar-refractivity contribution in [3.8, 4) is 0 Å². The lowest BCUT2D eigenvalue weighted by Crippen LogP contribution is -2.66. The van der Waals surface area contributed by atoms with Gasteiger partial charge in [-0.25, -0.2) is 4.79 Å². The van der Waals surface area contributed by atoms with E-state index in [1.54, 1.807) is 38.2 Å². The maximum atomic E-state index is 13.2. The normalized spacial score (nSPS) is 39.0. The zero-order valence-electron chi connectivity index (χ0n) is 25.2. The number of unbranched alkanes of at least 4 members (excludes halogenated alkanes) is 4. The molecular formula is C33H46O8. The number of esters is 2. The fraction of sp³-hybridized carbons (Fsp3) is 0.667. The predicted molar refractivity (Wildman–Crippen MR) is 153 cm³/mol. The molecule has 0 aliphatic heterocycles. The third-order valence-corrected chi connectivity index (χ3v) is 10.2. The second-order valence-corrected chi connectivity index (χ2v) is 13.0. The molecule has 4 aliphatic carbocycles. The summed E-state index contributed by atoms with van der Waals surface area (Å²) in [6, 6.07) is 0. The SMILES string of the molecule is CCCCCC/C=C/C=C/C(=O)O[C@@H]1[C@@H](C)[C@@]2(O)[C@@H](C=C(CO)C[C@]3(O)C(=O)C(C)=C[C@@H]23)[C@@H]2C(C)(C)[C@]12OC(C)=O. The van der Waals surface area contributed by atoms with Crippen LogP contribution >= 0.6 is 0 Å². The average Bonchev–Trinajstić information content (AvgIpc) is 3.33. The third-order valence-electron chi connectivity index (χ3n) is 10.2. The number of aliphatic hydroxyl groups is 3. The van der Waals surface area contributed by atoms with Gasteiger partial charge in [-0.05, 0) is 30.9 Å². The molecule has 0 aromatic carbocycles. The smallest absolute Gasteiger partial charge is 0.331 e. The Morgan fingerprint density at radius 2 is 1.83 bits per heavy atom. The van der Waals surface area contributed by atoms with Crippen LogP contribution in [0.5, 0.6) is 0 Å². The second kappa shape index (κ2) is 11.3. The number of allylic oxidation sites excluding steroid dienone is 3. The van der Waals surface area contributed by atoms with Crippen LogP contribution in [0.2, 0.25) is 0 Å². The van der Waals surface area contributed by atoms with Crippen LogP contribution in [0.1, 0.15) is 80.1 Å². The lowest BCUT2D eigenvalue weighted by molar-refractivity contribution is -0.226. The van der Waals surface area contributed by atoms with Gasteiger partial charge in [0, 0.05) is 48.5 Å². The van der Waals surface area contributed by atoms with Crippen molar-refractivity contribution in [2.75, 3.05) is 6.61 Å². The zero-order valence-corrected chi connectivity index (χ0v) is 25.2. The van der Waals surface area contributed by atoms with Crippen molar-refractivity contribution in [2.24, 2.45) is 29.1 Å². The fourth-order valence-electron chi connectivity index (χ4n) is 8.22. The van der Waals surface area contributed by atoms with E-state index in [1.807, 2.05) is 19.9 Å². The molecular weight excluding hydrogens is 524 g/mol. The Morgan fingerprint density at radius 3 is 2.46 bits per heavy atom. The number of hydrogen-bond donors (Lipinski definition) is 3. The summed E-state index contributed by atoms with van der Waals surface area (Å²) in [6.45, 7) is 10.2. The van der Waals surface area contributed by atoms with Crippen LogP contribution in [0.3, 0.4) is 0 Å². The van der Waals surface area contributed by atoms with Gasteiger partial charge in [0.1, 0.15) is 11.7 Å². The molecule has 0 unspecified atom stereocenters. The quantitative estimate of drug-likeness (QED) is 0.118. The van der Waals surface area contributed by atoms with Gasteiger partial charge in [0.25, 0.3) is 0 Å². The van der Waals surface area contributed by atoms with Crippen molar-refractivity contribution < 1.29 is 39.2 Å². The van der Waals surface area contributed by atoms with Crippen LogP contribution in [-0.4, -0.2) is 62.6 Å². The molecule has 0 aromatic heterocycles. The topological polar surface area (TPSA) is 130 Å². The highest BCUT2D eigenvalue weighted by Crippen LogP contribution is 2.77. The first-order chi connectivity index (χ1) is 19.2. The Kier molecular flexibility index (Phi) is 8.63. The molecule has 2 saturated carbocycles. The van der Waals surface area contributed by atoms with Crippen LogP contribution < -0.4 is 0 Å². The van der Waals surface area contributed by atoms with Crippen molar-refractivity contribution in [3.05, 3.63) is 47.6 Å². The van der Waals surface area contributed by atoms with Gasteiger partial charge < -0.3 is 24.8 Å². The van der Waals surface area contributed by atoms with Crippen molar-refractivity contribution in [1.82, 2.24) is 0 Å². The van der Waals surface area contributed by atoms with Crippen molar-refractivity contribution in [3.63, 3.8) is 0 Å². The van der Waals surface area contributed by atoms with Crippen LogP contribution in [-0.2, 0) is 23.9 Å². The van der Waals surface area contributed by atoms with E-state index in [2.05, 4.69) is 6.92 Å². The van der Waals surface area contributed by atoms with Crippen molar-refractivity contribution in [2.45, 2.75) is 103 Å². The van der Waals surface area contributed by atoms with Gasteiger partial charge in [-0.1, -0.05) is 77.3 Å². The summed E-state index contributed by atoms with van der Waals surface area (Å²) >= 11 is 0. The van der Waals surface area contributed by atoms with E-state index in [0.29, 0.717) is 11.1 Å². The van der Waals surface area contributed by atoms with E-state index >= 15 is 0 Å². The van der Waals surface area contributed by atoms with E-state index in [0.717, 1.165) is 19.3 Å². The summed E-state index contributed by atoms with van der Waals surface area (Å²) in [5, 5.41) is 34.6. The van der Waals surface area contributed by atoms with E-state index in [-0.39, 0.29) is 6.42 Å². The molecule has 0 bridgehead atoms. The van der Waals surface area contributed by atoms with E-state index < -0.39 is 76.3 Å². The lowest BCUT2D eigenvalue weighted by Gasteiger charge is -2.53. The molecule has 0 saturated heterocycles. The molecule has 0 radical (unpaired) electrons. The first-order valence-corrected chi connectivity index (χ1v) is 14.9. The number of rotatable bonds is 10. The summed E-state index contributed by atoms with van der Waals surface area (Å²) in [5.74, 6) is -4.73. The number of carbonyl (C=O) groups excluding carboxylic acids is 3. The molecule has 8 nitrogen and oxygen atoms in total. The zero-order chi connectivity index (χ0) is 30.4. The number of Topliss-reactive ketones (excluding diaryl/α,β-unsaturated/α-hetero) is 1. The van der Waals surface area contributed by atoms with Crippen molar-refractivity contribution >= 4 is 17.7 Å². The minimum Gasteiger partial charge on any atom is -0.455 e. The number of carbonyl (C=O) groups is 3. The summed E-state index contributed by atoms with van der Waals surface area (Å²) in [5.41, 5.74) is -4.89. The molecule has 4 aliphatic rings. The van der Waals surface area contributed by atoms with Gasteiger partial charge in [0.15, 0.2) is 11.4 Å². The van der Waals surface area contributed by atoms with E-state index in [1.165, 1.54) is 25.8 Å². The highest BCUT2D eigenvalue weighted by molar-refractivity contribution is 6.04. The fourth-order valence-corrected chi connectivity index (χ4v) is 8.22. The van der Waals surface area contributed by atoms with Gasteiger partial charge in [0.05, 0.1) is 12.2 Å². The Bertz CT molecular complexity index is 1190. The monoisotopic (exact) mass is 570 g/mol. The molecule has 0 heterocycles. The van der Waals surface area contributed by atoms with Gasteiger partial charge in [-0.3, -0.25) is 9.59 Å².